The SMILES string of the molecule is CCC(Sc1nc(Cc2ccccc2)c(C)[nH]1)C(=O)Nc1cc(C)on1. The van der Waals surface area contributed by atoms with Gasteiger partial charge in [-0.15, -0.1) is 0 Å². The summed E-state index contributed by atoms with van der Waals surface area (Å²) in [4.78, 5) is 20.5. The Morgan fingerprint density at radius 2 is 2.08 bits per heavy atom. The van der Waals surface area contributed by atoms with Crippen LogP contribution in [-0.2, 0) is 11.2 Å². The monoisotopic (exact) mass is 370 g/mol. The average Bonchev–Trinajstić information content (AvgIpc) is 3.19. The first-order chi connectivity index (χ1) is 12.5. The first-order valence-corrected chi connectivity index (χ1v) is 9.43. The number of hydrogen-bond acceptors (Lipinski definition) is 5. The molecule has 0 aliphatic heterocycles. The minimum atomic E-state index is -0.262. The molecule has 1 unspecified atom stereocenters. The summed E-state index contributed by atoms with van der Waals surface area (Å²) < 4.78 is 4.98. The molecule has 1 amide bonds. The summed E-state index contributed by atoms with van der Waals surface area (Å²) in [5.41, 5.74) is 3.24. The van der Waals surface area contributed by atoms with Gasteiger partial charge in [-0.25, -0.2) is 4.98 Å². The summed E-state index contributed by atoms with van der Waals surface area (Å²) >= 11 is 1.43. The molecule has 3 rings (SSSR count). The van der Waals surface area contributed by atoms with Crippen LogP contribution in [0.5, 0.6) is 0 Å². The van der Waals surface area contributed by atoms with Crippen molar-refractivity contribution in [3.05, 3.63) is 59.1 Å². The van der Waals surface area contributed by atoms with Gasteiger partial charge < -0.3 is 14.8 Å². The lowest BCUT2D eigenvalue weighted by Crippen LogP contribution is -2.24. The average molecular weight is 370 g/mol. The van der Waals surface area contributed by atoms with Crippen molar-refractivity contribution in [2.45, 2.75) is 44.0 Å². The van der Waals surface area contributed by atoms with Gasteiger partial charge in [0.1, 0.15) is 5.76 Å². The zero-order valence-corrected chi connectivity index (χ0v) is 15.9. The van der Waals surface area contributed by atoms with Gasteiger partial charge in [0, 0.05) is 18.2 Å². The van der Waals surface area contributed by atoms with E-state index in [-0.39, 0.29) is 11.2 Å². The second-order valence-electron chi connectivity index (χ2n) is 6.10. The van der Waals surface area contributed by atoms with E-state index in [4.69, 9.17) is 4.52 Å². The molecule has 0 saturated carbocycles. The molecule has 136 valence electrons. The number of aromatic amines is 1. The molecule has 6 nitrogen and oxygen atoms in total. The number of nitrogens with one attached hydrogen (secondary N) is 2. The van der Waals surface area contributed by atoms with Crippen LogP contribution in [0.1, 0.15) is 36.1 Å². The molecule has 0 aliphatic rings. The number of imidazole rings is 1. The number of benzene rings is 1. The van der Waals surface area contributed by atoms with Crippen LogP contribution in [0.4, 0.5) is 5.82 Å². The van der Waals surface area contributed by atoms with Crippen molar-refractivity contribution in [1.29, 1.82) is 0 Å². The van der Waals surface area contributed by atoms with E-state index < -0.39 is 0 Å². The van der Waals surface area contributed by atoms with E-state index in [0.717, 1.165) is 23.0 Å². The third-order valence-corrected chi connectivity index (χ3v) is 5.22. The van der Waals surface area contributed by atoms with Crippen molar-refractivity contribution in [2.75, 3.05) is 5.32 Å². The van der Waals surface area contributed by atoms with E-state index in [2.05, 4.69) is 32.6 Å². The van der Waals surface area contributed by atoms with Gasteiger partial charge in [0.25, 0.3) is 0 Å². The number of aromatic nitrogens is 3. The van der Waals surface area contributed by atoms with Crippen molar-refractivity contribution in [1.82, 2.24) is 15.1 Å². The van der Waals surface area contributed by atoms with Gasteiger partial charge >= 0.3 is 0 Å². The van der Waals surface area contributed by atoms with E-state index in [1.807, 2.05) is 32.0 Å². The highest BCUT2D eigenvalue weighted by molar-refractivity contribution is 8.00. The van der Waals surface area contributed by atoms with Crippen LogP contribution in [0, 0.1) is 13.8 Å². The van der Waals surface area contributed by atoms with Gasteiger partial charge in [0.05, 0.1) is 10.9 Å². The molecule has 0 fully saturated rings. The number of aryl methyl sites for hydroxylation is 2. The molecule has 1 atom stereocenters. The molecule has 0 radical (unpaired) electrons. The van der Waals surface area contributed by atoms with Gasteiger partial charge in [-0.3, -0.25) is 4.79 Å². The van der Waals surface area contributed by atoms with Crippen LogP contribution >= 0.6 is 11.8 Å². The highest BCUT2D eigenvalue weighted by Gasteiger charge is 2.21. The molecular weight excluding hydrogens is 348 g/mol. The van der Waals surface area contributed by atoms with E-state index in [0.29, 0.717) is 18.0 Å². The molecule has 2 heterocycles. The van der Waals surface area contributed by atoms with Crippen LogP contribution in [0.25, 0.3) is 0 Å². The Kier molecular flexibility index (Phi) is 5.78. The Balaban J connectivity index is 1.66. The normalized spacial score (nSPS) is 12.1. The highest BCUT2D eigenvalue weighted by Crippen LogP contribution is 2.26. The quantitative estimate of drug-likeness (QED) is 0.611. The van der Waals surface area contributed by atoms with Crippen molar-refractivity contribution < 1.29 is 9.32 Å². The highest BCUT2D eigenvalue weighted by atomic mass is 32.2. The number of carbonyl (C=O) groups excluding carboxylic acids is 1. The number of H-pyrrole nitrogens is 1. The number of carbonyl (C=O) groups is 1. The maximum atomic E-state index is 12.5. The van der Waals surface area contributed by atoms with Crippen LogP contribution in [0.2, 0.25) is 0 Å². The summed E-state index contributed by atoms with van der Waals surface area (Å²) in [7, 11) is 0. The molecule has 7 heteroatoms. The maximum absolute atomic E-state index is 12.5. The molecule has 0 aliphatic carbocycles. The van der Waals surface area contributed by atoms with Gasteiger partial charge in [-0.2, -0.15) is 0 Å². The third-order valence-electron chi connectivity index (χ3n) is 3.97. The molecule has 3 aromatic rings. The van der Waals surface area contributed by atoms with E-state index in [9.17, 15) is 4.79 Å². The Bertz CT molecular complexity index is 873. The van der Waals surface area contributed by atoms with Crippen molar-refractivity contribution in [2.24, 2.45) is 0 Å². The van der Waals surface area contributed by atoms with Crippen molar-refractivity contribution in [3.63, 3.8) is 0 Å². The molecule has 26 heavy (non-hydrogen) atoms. The fraction of sp³-hybridized carbons (Fsp3) is 0.316. The van der Waals surface area contributed by atoms with Gasteiger partial charge in [0.2, 0.25) is 5.91 Å². The molecule has 0 spiro atoms. The summed E-state index contributed by atoms with van der Waals surface area (Å²) in [6.07, 6.45) is 1.45. The number of anilines is 1. The fourth-order valence-corrected chi connectivity index (χ4v) is 3.55. The second kappa shape index (κ2) is 8.23. The predicted octanol–water partition coefficient (Wildman–Crippen LogP) is 4.11. The van der Waals surface area contributed by atoms with Crippen LogP contribution < -0.4 is 5.32 Å². The standard InChI is InChI=1S/C19H22N4O2S/c1-4-16(18(24)22-17-10-12(2)25-23-17)26-19-20-13(3)15(21-19)11-14-8-6-5-7-9-14/h5-10,16H,4,11H2,1-3H3,(H,20,21)(H,22,23,24). The van der Waals surface area contributed by atoms with Crippen LogP contribution in [0.3, 0.4) is 0 Å². The molecule has 2 N–H and O–H groups in total. The zero-order valence-electron chi connectivity index (χ0n) is 15.1. The Labute approximate surface area is 156 Å². The number of hydrogen-bond donors (Lipinski definition) is 2. The van der Waals surface area contributed by atoms with Gasteiger partial charge in [0.15, 0.2) is 11.0 Å². The maximum Gasteiger partial charge on any atom is 0.239 e. The largest absolute Gasteiger partial charge is 0.360 e. The minimum Gasteiger partial charge on any atom is -0.360 e. The molecule has 1 aromatic carbocycles. The van der Waals surface area contributed by atoms with Crippen molar-refractivity contribution >= 4 is 23.5 Å². The van der Waals surface area contributed by atoms with Crippen LogP contribution in [0.15, 0.2) is 46.1 Å². The molecule has 0 saturated heterocycles. The minimum absolute atomic E-state index is 0.107. The number of nitrogens with zero attached hydrogens (tertiary/aromatic N) is 2. The first kappa shape index (κ1) is 18.3. The smallest absolute Gasteiger partial charge is 0.239 e. The number of amides is 1. The van der Waals surface area contributed by atoms with E-state index in [1.54, 1.807) is 13.0 Å². The predicted molar refractivity (Wildman–Crippen MR) is 102 cm³/mol. The van der Waals surface area contributed by atoms with E-state index in [1.165, 1.54) is 17.3 Å². The fourth-order valence-electron chi connectivity index (χ4n) is 2.57. The topological polar surface area (TPSA) is 83.8 Å². The molecule has 2 aromatic heterocycles. The summed E-state index contributed by atoms with van der Waals surface area (Å²) in [5.74, 6) is 0.990. The lowest BCUT2D eigenvalue weighted by atomic mass is 10.1. The lowest BCUT2D eigenvalue weighted by molar-refractivity contribution is -0.115. The third kappa shape index (κ3) is 4.54. The number of rotatable bonds is 7. The lowest BCUT2D eigenvalue weighted by Gasteiger charge is -2.11. The Hall–Kier alpha value is -2.54. The Morgan fingerprint density at radius 1 is 1.31 bits per heavy atom. The zero-order chi connectivity index (χ0) is 18.5. The second-order valence-corrected chi connectivity index (χ2v) is 7.29. The summed E-state index contributed by atoms with van der Waals surface area (Å²) in [6, 6.07) is 11.9. The van der Waals surface area contributed by atoms with Crippen molar-refractivity contribution in [3.8, 4) is 0 Å². The van der Waals surface area contributed by atoms with Crippen LogP contribution in [-0.4, -0.2) is 26.3 Å². The first-order valence-electron chi connectivity index (χ1n) is 8.55. The summed E-state index contributed by atoms with van der Waals surface area (Å²) in [5, 5.41) is 7.09. The summed E-state index contributed by atoms with van der Waals surface area (Å²) in [6.45, 7) is 5.77. The Morgan fingerprint density at radius 3 is 2.73 bits per heavy atom. The van der Waals surface area contributed by atoms with Gasteiger partial charge in [-0.1, -0.05) is 54.2 Å². The van der Waals surface area contributed by atoms with Gasteiger partial charge in [-0.05, 0) is 25.8 Å². The van der Waals surface area contributed by atoms with E-state index >= 15 is 0 Å². The molecular formula is C19H22N4O2S. The molecule has 0 bridgehead atoms. The number of thioether (sulfide) groups is 1.